The van der Waals surface area contributed by atoms with E-state index in [2.05, 4.69) is 38.2 Å². The summed E-state index contributed by atoms with van der Waals surface area (Å²) in [7, 11) is 0. The van der Waals surface area contributed by atoms with E-state index in [0.29, 0.717) is 5.57 Å². The lowest BCUT2D eigenvalue weighted by Crippen LogP contribution is -2.38. The van der Waals surface area contributed by atoms with Crippen LogP contribution >= 0.6 is 0 Å². The quantitative estimate of drug-likeness (QED) is 0.889. The molecule has 3 nitrogen and oxygen atoms in total. The van der Waals surface area contributed by atoms with E-state index in [1.54, 1.807) is 0 Å². The third-order valence-corrected chi connectivity index (χ3v) is 4.26. The summed E-state index contributed by atoms with van der Waals surface area (Å²) in [5, 5.41) is 13.4. The van der Waals surface area contributed by atoms with Crippen LogP contribution in [0.2, 0.25) is 0 Å². The number of aliphatic hydroxyl groups is 1. The van der Waals surface area contributed by atoms with E-state index in [0.717, 1.165) is 36.0 Å². The van der Waals surface area contributed by atoms with Gasteiger partial charge in [0.2, 0.25) is 0 Å². The van der Waals surface area contributed by atoms with Crippen LogP contribution in [0.15, 0.2) is 17.9 Å². The molecule has 2 N–H and O–H groups in total. The van der Waals surface area contributed by atoms with Crippen molar-refractivity contribution in [3.63, 3.8) is 0 Å². The van der Waals surface area contributed by atoms with Crippen LogP contribution in [0.25, 0.3) is 5.57 Å². The fourth-order valence-corrected chi connectivity index (χ4v) is 2.98. The van der Waals surface area contributed by atoms with E-state index < -0.39 is 5.54 Å². The van der Waals surface area contributed by atoms with E-state index in [-0.39, 0.29) is 11.7 Å². The standard InChI is InChI=1S/C18H25NO2/c1-6-11-9-12(7-2)14(13(8-3)10-11)15-16(20)18(4,5)19-17(15)21/h9-10,20H,6-8H2,1-5H3,(H,19,21). The van der Waals surface area contributed by atoms with Crippen molar-refractivity contribution in [2.24, 2.45) is 0 Å². The highest BCUT2D eigenvalue weighted by molar-refractivity contribution is 6.23. The number of hydrogen-bond acceptors (Lipinski definition) is 2. The van der Waals surface area contributed by atoms with Crippen LogP contribution in [0, 0.1) is 0 Å². The number of hydrogen-bond donors (Lipinski definition) is 2. The number of carbonyl (C=O) groups is 1. The van der Waals surface area contributed by atoms with Gasteiger partial charge in [-0.2, -0.15) is 0 Å². The van der Waals surface area contributed by atoms with Crippen LogP contribution in [-0.4, -0.2) is 16.6 Å². The molecule has 0 fully saturated rings. The average Bonchev–Trinajstić information content (AvgIpc) is 2.65. The van der Waals surface area contributed by atoms with E-state index in [1.165, 1.54) is 5.56 Å². The van der Waals surface area contributed by atoms with Crippen molar-refractivity contribution < 1.29 is 9.90 Å². The summed E-state index contributed by atoms with van der Waals surface area (Å²) in [6, 6.07) is 4.32. The van der Waals surface area contributed by atoms with Gasteiger partial charge in [0.15, 0.2) is 0 Å². The molecule has 3 heteroatoms. The smallest absolute Gasteiger partial charge is 0.256 e. The molecule has 2 rings (SSSR count). The second-order valence-corrected chi connectivity index (χ2v) is 6.15. The fourth-order valence-electron chi connectivity index (χ4n) is 2.98. The lowest BCUT2D eigenvalue weighted by molar-refractivity contribution is -0.115. The molecule has 0 bridgehead atoms. The molecule has 0 atom stereocenters. The Morgan fingerprint density at radius 1 is 1.05 bits per heavy atom. The average molecular weight is 287 g/mol. The minimum absolute atomic E-state index is 0.154. The summed E-state index contributed by atoms with van der Waals surface area (Å²) >= 11 is 0. The Morgan fingerprint density at radius 3 is 1.90 bits per heavy atom. The van der Waals surface area contributed by atoms with Crippen molar-refractivity contribution in [3.8, 4) is 0 Å². The molecule has 0 unspecified atom stereocenters. The maximum atomic E-state index is 12.4. The second-order valence-electron chi connectivity index (χ2n) is 6.15. The van der Waals surface area contributed by atoms with Gasteiger partial charge in [-0.1, -0.05) is 32.9 Å². The summed E-state index contributed by atoms with van der Waals surface area (Å²) in [5.74, 6) is -0.0210. The van der Waals surface area contributed by atoms with Crippen LogP contribution in [0.1, 0.15) is 56.9 Å². The molecule has 0 aliphatic carbocycles. The van der Waals surface area contributed by atoms with Gasteiger partial charge in [0.1, 0.15) is 5.76 Å². The van der Waals surface area contributed by atoms with E-state index in [1.807, 2.05) is 13.8 Å². The Morgan fingerprint density at radius 2 is 1.57 bits per heavy atom. The molecule has 0 radical (unpaired) electrons. The van der Waals surface area contributed by atoms with Gasteiger partial charge in [0.25, 0.3) is 5.91 Å². The first kappa shape index (κ1) is 15.6. The van der Waals surface area contributed by atoms with Crippen molar-refractivity contribution in [1.29, 1.82) is 0 Å². The van der Waals surface area contributed by atoms with Crippen LogP contribution < -0.4 is 5.32 Å². The summed E-state index contributed by atoms with van der Waals surface area (Å²) in [6.07, 6.45) is 2.67. The predicted molar refractivity (Wildman–Crippen MR) is 86.3 cm³/mol. The molecule has 21 heavy (non-hydrogen) atoms. The Balaban J connectivity index is 2.74. The lowest BCUT2D eigenvalue weighted by atomic mass is 9.87. The minimum Gasteiger partial charge on any atom is -0.509 e. The van der Waals surface area contributed by atoms with Crippen molar-refractivity contribution in [3.05, 3.63) is 40.1 Å². The molecule has 0 saturated carbocycles. The highest BCUT2D eigenvalue weighted by Gasteiger charge is 2.39. The van der Waals surface area contributed by atoms with Gasteiger partial charge < -0.3 is 10.4 Å². The molecule has 114 valence electrons. The van der Waals surface area contributed by atoms with Crippen molar-refractivity contribution in [1.82, 2.24) is 5.32 Å². The largest absolute Gasteiger partial charge is 0.509 e. The third-order valence-electron chi connectivity index (χ3n) is 4.26. The molecular weight excluding hydrogens is 262 g/mol. The van der Waals surface area contributed by atoms with Gasteiger partial charge in [-0.15, -0.1) is 0 Å². The fraction of sp³-hybridized carbons (Fsp3) is 0.500. The minimum atomic E-state index is -0.689. The van der Waals surface area contributed by atoms with Crippen LogP contribution in [0.5, 0.6) is 0 Å². The predicted octanol–water partition coefficient (Wildman–Crippen LogP) is 3.55. The van der Waals surface area contributed by atoms with Crippen molar-refractivity contribution in [2.75, 3.05) is 0 Å². The van der Waals surface area contributed by atoms with Crippen molar-refractivity contribution in [2.45, 2.75) is 59.4 Å². The topological polar surface area (TPSA) is 49.3 Å². The molecule has 1 aromatic rings. The Bertz CT molecular complexity index is 587. The summed E-state index contributed by atoms with van der Waals surface area (Å²) < 4.78 is 0. The second kappa shape index (κ2) is 5.55. The highest BCUT2D eigenvalue weighted by atomic mass is 16.3. The van der Waals surface area contributed by atoms with Crippen LogP contribution in [0.4, 0.5) is 0 Å². The molecule has 1 aliphatic rings. The summed E-state index contributed by atoms with van der Waals surface area (Å²) in [6.45, 7) is 9.96. The van der Waals surface area contributed by atoms with E-state index in [4.69, 9.17) is 0 Å². The van der Waals surface area contributed by atoms with Gasteiger partial charge in [-0.3, -0.25) is 4.79 Å². The molecule has 0 aromatic heterocycles. The number of aryl methyl sites for hydroxylation is 3. The Labute approximate surface area is 127 Å². The zero-order chi connectivity index (χ0) is 15.8. The van der Waals surface area contributed by atoms with Gasteiger partial charge in [0, 0.05) is 0 Å². The first-order valence-corrected chi connectivity index (χ1v) is 7.76. The number of carbonyl (C=O) groups excluding carboxylic acids is 1. The maximum absolute atomic E-state index is 12.4. The lowest BCUT2D eigenvalue weighted by Gasteiger charge is -2.18. The van der Waals surface area contributed by atoms with Crippen LogP contribution in [0.3, 0.4) is 0 Å². The van der Waals surface area contributed by atoms with Gasteiger partial charge in [0.05, 0.1) is 11.1 Å². The highest BCUT2D eigenvalue weighted by Crippen LogP contribution is 2.36. The molecule has 1 aliphatic heterocycles. The number of aliphatic hydroxyl groups excluding tert-OH is 1. The SMILES string of the molecule is CCc1cc(CC)c(C2=C(O)C(C)(C)NC2=O)c(CC)c1. The third kappa shape index (κ3) is 2.57. The first-order chi connectivity index (χ1) is 9.85. The first-order valence-electron chi connectivity index (χ1n) is 7.76. The summed E-state index contributed by atoms with van der Waals surface area (Å²) in [5.41, 5.74) is 4.26. The molecular formula is C18H25NO2. The van der Waals surface area contributed by atoms with E-state index in [9.17, 15) is 9.90 Å². The number of rotatable bonds is 4. The number of benzene rings is 1. The normalized spacial score (nSPS) is 17.3. The van der Waals surface area contributed by atoms with Gasteiger partial charge >= 0.3 is 0 Å². The van der Waals surface area contributed by atoms with Gasteiger partial charge in [-0.05, 0) is 55.4 Å². The zero-order valence-corrected chi connectivity index (χ0v) is 13.6. The van der Waals surface area contributed by atoms with Crippen molar-refractivity contribution >= 4 is 11.5 Å². The number of nitrogens with one attached hydrogen (secondary N) is 1. The zero-order valence-electron chi connectivity index (χ0n) is 13.6. The molecule has 0 saturated heterocycles. The molecule has 1 amide bonds. The Hall–Kier alpha value is -1.77. The maximum Gasteiger partial charge on any atom is 0.256 e. The molecule has 0 spiro atoms. The molecule has 1 heterocycles. The Kier molecular flexibility index (Phi) is 4.13. The monoisotopic (exact) mass is 287 g/mol. The van der Waals surface area contributed by atoms with E-state index >= 15 is 0 Å². The number of amides is 1. The molecule has 1 aromatic carbocycles. The summed E-state index contributed by atoms with van der Waals surface area (Å²) in [4.78, 5) is 12.4. The van der Waals surface area contributed by atoms with Gasteiger partial charge in [-0.25, -0.2) is 0 Å². The van der Waals surface area contributed by atoms with Crippen LogP contribution in [-0.2, 0) is 24.1 Å².